The molecule has 14 heavy (non-hydrogen) atoms. The van der Waals surface area contributed by atoms with E-state index in [-0.39, 0.29) is 0 Å². The van der Waals surface area contributed by atoms with Gasteiger partial charge < -0.3 is 0 Å². The normalized spacial score (nSPS) is 10.1. The van der Waals surface area contributed by atoms with E-state index in [1.807, 2.05) is 24.1 Å². The predicted molar refractivity (Wildman–Crippen MR) is 55.8 cm³/mol. The zero-order valence-corrected chi connectivity index (χ0v) is 8.83. The topological polar surface area (TPSA) is 39.9 Å². The summed E-state index contributed by atoms with van der Waals surface area (Å²) in [4.78, 5) is 6.21. The Kier molecular flexibility index (Phi) is 4.37. The molecule has 3 nitrogen and oxygen atoms in total. The molecule has 0 saturated carbocycles. The zero-order chi connectivity index (χ0) is 10.4. The lowest BCUT2D eigenvalue weighted by Gasteiger charge is -2.13. The smallest absolute Gasteiger partial charge is 0.129 e. The van der Waals surface area contributed by atoms with Gasteiger partial charge in [0.1, 0.15) is 5.15 Å². The molecule has 0 aliphatic carbocycles. The quantitative estimate of drug-likeness (QED) is 0.713. The molecule has 0 bridgehead atoms. The van der Waals surface area contributed by atoms with Crippen LogP contribution in [-0.2, 0) is 6.54 Å². The number of halogens is 1. The molecule has 0 spiro atoms. The van der Waals surface area contributed by atoms with Crippen LogP contribution in [0.4, 0.5) is 0 Å². The van der Waals surface area contributed by atoms with Crippen molar-refractivity contribution in [3.63, 3.8) is 0 Å². The summed E-state index contributed by atoms with van der Waals surface area (Å²) in [7, 11) is 1.96. The van der Waals surface area contributed by atoms with Crippen LogP contribution in [0.15, 0.2) is 18.2 Å². The highest BCUT2D eigenvalue weighted by Gasteiger charge is 2.01. The monoisotopic (exact) mass is 209 g/mol. The Morgan fingerprint density at radius 2 is 2.36 bits per heavy atom. The molecule has 0 fully saturated rings. The summed E-state index contributed by atoms with van der Waals surface area (Å²) in [6.07, 6.45) is 0.539. The van der Waals surface area contributed by atoms with E-state index >= 15 is 0 Å². The van der Waals surface area contributed by atoms with Crippen molar-refractivity contribution in [1.29, 1.82) is 5.26 Å². The summed E-state index contributed by atoms with van der Waals surface area (Å²) in [5.41, 5.74) is 0.929. The SMILES string of the molecule is CN(CCC#N)Cc1cccc(Cl)n1. The summed E-state index contributed by atoms with van der Waals surface area (Å²) in [5, 5.41) is 8.92. The highest BCUT2D eigenvalue weighted by atomic mass is 35.5. The van der Waals surface area contributed by atoms with Gasteiger partial charge in [0, 0.05) is 19.5 Å². The molecule has 0 N–H and O–H groups in total. The van der Waals surface area contributed by atoms with E-state index in [9.17, 15) is 0 Å². The van der Waals surface area contributed by atoms with Crippen LogP contribution >= 0.6 is 11.6 Å². The van der Waals surface area contributed by atoms with Crippen molar-refractivity contribution in [2.45, 2.75) is 13.0 Å². The van der Waals surface area contributed by atoms with Crippen LogP contribution in [-0.4, -0.2) is 23.5 Å². The highest BCUT2D eigenvalue weighted by Crippen LogP contribution is 2.06. The van der Waals surface area contributed by atoms with E-state index in [4.69, 9.17) is 16.9 Å². The fourth-order valence-electron chi connectivity index (χ4n) is 1.13. The van der Waals surface area contributed by atoms with Crippen LogP contribution in [0.2, 0.25) is 5.15 Å². The zero-order valence-electron chi connectivity index (χ0n) is 8.07. The van der Waals surface area contributed by atoms with E-state index in [1.54, 1.807) is 6.07 Å². The minimum absolute atomic E-state index is 0.510. The van der Waals surface area contributed by atoms with Gasteiger partial charge >= 0.3 is 0 Å². The summed E-state index contributed by atoms with van der Waals surface area (Å²) in [6.45, 7) is 1.48. The fraction of sp³-hybridized carbons (Fsp3) is 0.400. The van der Waals surface area contributed by atoms with Gasteiger partial charge in [0.05, 0.1) is 11.8 Å². The van der Waals surface area contributed by atoms with Crippen LogP contribution in [0.1, 0.15) is 12.1 Å². The van der Waals surface area contributed by atoms with Crippen molar-refractivity contribution in [2.75, 3.05) is 13.6 Å². The minimum atomic E-state index is 0.510. The van der Waals surface area contributed by atoms with E-state index in [1.165, 1.54) is 0 Å². The van der Waals surface area contributed by atoms with Crippen LogP contribution in [0.25, 0.3) is 0 Å². The Labute approximate surface area is 88.9 Å². The first-order valence-corrected chi connectivity index (χ1v) is 4.77. The Bertz CT molecular complexity index is 332. The molecule has 1 heterocycles. The molecule has 0 saturated heterocycles. The summed E-state index contributed by atoms with van der Waals surface area (Å²) in [6, 6.07) is 7.66. The maximum Gasteiger partial charge on any atom is 0.129 e. The first-order valence-electron chi connectivity index (χ1n) is 4.39. The van der Waals surface area contributed by atoms with Gasteiger partial charge in [0.2, 0.25) is 0 Å². The molecule has 0 unspecified atom stereocenters. The van der Waals surface area contributed by atoms with Gasteiger partial charge in [-0.2, -0.15) is 5.26 Å². The number of rotatable bonds is 4. The minimum Gasteiger partial charge on any atom is -0.300 e. The first-order chi connectivity index (χ1) is 6.72. The number of pyridine rings is 1. The van der Waals surface area contributed by atoms with Crippen molar-refractivity contribution in [1.82, 2.24) is 9.88 Å². The van der Waals surface area contributed by atoms with Crippen LogP contribution < -0.4 is 0 Å². The molecular formula is C10H12ClN3. The largest absolute Gasteiger partial charge is 0.300 e. The van der Waals surface area contributed by atoms with Gasteiger partial charge in [-0.3, -0.25) is 4.90 Å². The lowest BCUT2D eigenvalue weighted by molar-refractivity contribution is 0.331. The summed E-state index contributed by atoms with van der Waals surface area (Å²) >= 11 is 5.75. The van der Waals surface area contributed by atoms with Crippen molar-refractivity contribution >= 4 is 11.6 Å². The van der Waals surface area contributed by atoms with Crippen molar-refractivity contribution in [2.24, 2.45) is 0 Å². The van der Waals surface area contributed by atoms with Gasteiger partial charge in [-0.1, -0.05) is 17.7 Å². The third-order valence-corrected chi connectivity index (χ3v) is 2.02. The molecule has 0 aliphatic heterocycles. The second-order valence-corrected chi connectivity index (χ2v) is 3.48. The Balaban J connectivity index is 2.48. The van der Waals surface area contributed by atoms with Crippen molar-refractivity contribution in [3.8, 4) is 6.07 Å². The molecule has 1 aromatic rings. The van der Waals surface area contributed by atoms with Gasteiger partial charge in [0.25, 0.3) is 0 Å². The van der Waals surface area contributed by atoms with Gasteiger partial charge in [0.15, 0.2) is 0 Å². The van der Waals surface area contributed by atoms with E-state index in [0.717, 1.165) is 18.8 Å². The summed E-state index contributed by atoms with van der Waals surface area (Å²) in [5.74, 6) is 0. The molecule has 0 amide bonds. The third kappa shape index (κ3) is 3.73. The molecular weight excluding hydrogens is 198 g/mol. The van der Waals surface area contributed by atoms with E-state index < -0.39 is 0 Å². The van der Waals surface area contributed by atoms with E-state index in [2.05, 4.69) is 11.1 Å². The van der Waals surface area contributed by atoms with Gasteiger partial charge in [-0.05, 0) is 19.2 Å². The van der Waals surface area contributed by atoms with Gasteiger partial charge in [-0.15, -0.1) is 0 Å². The predicted octanol–water partition coefficient (Wildman–Crippen LogP) is 2.08. The lowest BCUT2D eigenvalue weighted by Crippen LogP contribution is -2.19. The maximum atomic E-state index is 8.41. The number of nitriles is 1. The average Bonchev–Trinajstić information content (AvgIpc) is 2.15. The molecule has 0 aromatic carbocycles. The Hall–Kier alpha value is -1.11. The number of aromatic nitrogens is 1. The van der Waals surface area contributed by atoms with Crippen molar-refractivity contribution < 1.29 is 0 Å². The van der Waals surface area contributed by atoms with E-state index in [0.29, 0.717) is 11.6 Å². The third-order valence-electron chi connectivity index (χ3n) is 1.81. The average molecular weight is 210 g/mol. The maximum absolute atomic E-state index is 8.41. The number of nitrogens with zero attached hydrogens (tertiary/aromatic N) is 3. The lowest BCUT2D eigenvalue weighted by atomic mass is 10.3. The number of hydrogen-bond donors (Lipinski definition) is 0. The van der Waals surface area contributed by atoms with Crippen molar-refractivity contribution in [3.05, 3.63) is 29.0 Å². The molecule has 0 aliphatic rings. The van der Waals surface area contributed by atoms with Gasteiger partial charge in [-0.25, -0.2) is 4.98 Å². The second-order valence-electron chi connectivity index (χ2n) is 3.10. The fourth-order valence-corrected chi connectivity index (χ4v) is 1.32. The molecule has 0 radical (unpaired) electrons. The Morgan fingerprint density at radius 3 is 3.00 bits per heavy atom. The standard InChI is InChI=1S/C10H12ClN3/c1-14(7-3-6-12)8-9-4-2-5-10(11)13-9/h2,4-5H,3,7-8H2,1H3. The summed E-state index contributed by atoms with van der Waals surface area (Å²) < 4.78 is 0. The van der Waals surface area contributed by atoms with Crippen LogP contribution in [0.3, 0.4) is 0 Å². The number of hydrogen-bond acceptors (Lipinski definition) is 3. The molecule has 4 heteroatoms. The Morgan fingerprint density at radius 1 is 1.57 bits per heavy atom. The first kappa shape index (κ1) is 11.0. The van der Waals surface area contributed by atoms with Crippen LogP contribution in [0.5, 0.6) is 0 Å². The molecule has 74 valence electrons. The molecule has 1 aromatic heterocycles. The molecule has 0 atom stereocenters. The molecule has 1 rings (SSSR count). The second kappa shape index (κ2) is 5.58. The van der Waals surface area contributed by atoms with Crippen LogP contribution in [0, 0.1) is 11.3 Å². The highest BCUT2D eigenvalue weighted by molar-refractivity contribution is 6.29.